The first-order chi connectivity index (χ1) is 14.1. The number of nitrogens with zero attached hydrogens (tertiary/aromatic N) is 5. The number of carbonyl (C=O) groups is 1. The molecule has 29 heavy (non-hydrogen) atoms. The van der Waals surface area contributed by atoms with Gasteiger partial charge in [-0.2, -0.15) is 19.9 Å². The Morgan fingerprint density at radius 3 is 2.59 bits per heavy atom. The number of nitrogens with two attached hydrogens (primary N) is 1. The van der Waals surface area contributed by atoms with E-state index in [1.54, 1.807) is 29.7 Å². The van der Waals surface area contributed by atoms with Crippen molar-refractivity contribution in [1.29, 1.82) is 0 Å². The molecule has 3 N–H and O–H groups in total. The van der Waals surface area contributed by atoms with Crippen LogP contribution < -0.4 is 15.8 Å². The molecule has 9 heteroatoms. The summed E-state index contributed by atoms with van der Waals surface area (Å²) in [5.41, 5.74) is 7.92. The Bertz CT molecular complexity index is 1190. The van der Waals surface area contributed by atoms with E-state index in [2.05, 4.69) is 25.3 Å². The van der Waals surface area contributed by atoms with Gasteiger partial charge in [-0.15, -0.1) is 0 Å². The van der Waals surface area contributed by atoms with Gasteiger partial charge in [0, 0.05) is 6.54 Å². The van der Waals surface area contributed by atoms with Crippen LogP contribution in [0.25, 0.3) is 17.0 Å². The molecule has 4 rings (SSSR count). The number of aryl methyl sites for hydroxylation is 1. The second kappa shape index (κ2) is 7.55. The highest BCUT2D eigenvalue weighted by atomic mass is 16.5. The SMILES string of the molecule is COc1nc2c(C(N)=O)cccc2n1-c1nc(C)nc(NCc2ccccc2)n1. The minimum absolute atomic E-state index is 0.244. The zero-order chi connectivity index (χ0) is 20.4. The number of methoxy groups -OCH3 is 1. The van der Waals surface area contributed by atoms with E-state index in [4.69, 9.17) is 10.5 Å². The van der Waals surface area contributed by atoms with Gasteiger partial charge in [0.1, 0.15) is 11.3 Å². The van der Waals surface area contributed by atoms with Gasteiger partial charge >= 0.3 is 6.01 Å². The van der Waals surface area contributed by atoms with E-state index in [1.807, 2.05) is 30.3 Å². The lowest BCUT2D eigenvalue weighted by molar-refractivity contribution is 0.100. The van der Waals surface area contributed by atoms with Gasteiger partial charge in [0.25, 0.3) is 5.91 Å². The van der Waals surface area contributed by atoms with Crippen LogP contribution in [0.15, 0.2) is 48.5 Å². The van der Waals surface area contributed by atoms with Crippen molar-refractivity contribution in [2.24, 2.45) is 5.73 Å². The number of anilines is 1. The number of hydrogen-bond acceptors (Lipinski definition) is 7. The van der Waals surface area contributed by atoms with Crippen molar-refractivity contribution in [2.75, 3.05) is 12.4 Å². The second-order valence-corrected chi connectivity index (χ2v) is 6.32. The fourth-order valence-electron chi connectivity index (χ4n) is 3.03. The molecule has 0 bridgehead atoms. The highest BCUT2D eigenvalue weighted by Gasteiger charge is 2.20. The molecule has 0 fully saturated rings. The van der Waals surface area contributed by atoms with E-state index in [0.717, 1.165) is 5.56 Å². The largest absolute Gasteiger partial charge is 0.468 e. The lowest BCUT2D eigenvalue weighted by atomic mass is 10.2. The summed E-state index contributed by atoms with van der Waals surface area (Å²) < 4.78 is 7.04. The van der Waals surface area contributed by atoms with Crippen LogP contribution in [0.1, 0.15) is 21.7 Å². The van der Waals surface area contributed by atoms with Crippen LogP contribution in [0.4, 0.5) is 5.95 Å². The number of imidazole rings is 1. The van der Waals surface area contributed by atoms with Crippen molar-refractivity contribution in [3.8, 4) is 12.0 Å². The third-order valence-corrected chi connectivity index (χ3v) is 4.33. The first-order valence-corrected chi connectivity index (χ1v) is 8.93. The summed E-state index contributed by atoms with van der Waals surface area (Å²) >= 11 is 0. The molecule has 2 heterocycles. The van der Waals surface area contributed by atoms with Crippen LogP contribution in [0.3, 0.4) is 0 Å². The summed E-state index contributed by atoms with van der Waals surface area (Å²) in [7, 11) is 1.49. The molecule has 0 aliphatic carbocycles. The van der Waals surface area contributed by atoms with Crippen LogP contribution >= 0.6 is 0 Å². The predicted molar refractivity (Wildman–Crippen MR) is 108 cm³/mol. The number of fused-ring (bicyclic) bond motifs is 1. The highest BCUT2D eigenvalue weighted by Crippen LogP contribution is 2.27. The van der Waals surface area contributed by atoms with Crippen molar-refractivity contribution >= 4 is 22.9 Å². The molecular formula is C20H19N7O2. The Hall–Kier alpha value is -4.01. The molecule has 0 aliphatic heterocycles. The number of para-hydroxylation sites is 1. The van der Waals surface area contributed by atoms with Crippen LogP contribution in [0.5, 0.6) is 6.01 Å². The summed E-state index contributed by atoms with van der Waals surface area (Å²) in [6, 6.07) is 15.3. The molecule has 0 saturated heterocycles. The molecule has 1 amide bonds. The zero-order valence-corrected chi connectivity index (χ0v) is 16.0. The molecule has 0 atom stereocenters. The molecule has 2 aromatic heterocycles. The third-order valence-electron chi connectivity index (χ3n) is 4.33. The number of primary amides is 1. The Morgan fingerprint density at radius 2 is 1.86 bits per heavy atom. The van der Waals surface area contributed by atoms with E-state index in [-0.39, 0.29) is 6.01 Å². The molecule has 0 unspecified atom stereocenters. The van der Waals surface area contributed by atoms with Crippen LogP contribution in [0.2, 0.25) is 0 Å². The minimum atomic E-state index is -0.569. The standard InChI is InChI=1S/C20H19N7O2/c1-12-23-18(22-11-13-7-4-3-5-8-13)26-19(24-12)27-15-10-6-9-14(17(21)28)16(15)25-20(27)29-2/h3-10H,11H2,1-2H3,(H2,21,28)(H,22,23,24,26). The number of rotatable bonds is 6. The number of hydrogen-bond donors (Lipinski definition) is 2. The van der Waals surface area contributed by atoms with Gasteiger partial charge in [-0.25, -0.2) is 4.57 Å². The molecule has 0 aliphatic rings. The number of amides is 1. The summed E-state index contributed by atoms with van der Waals surface area (Å²) in [6.45, 7) is 2.34. The molecular weight excluding hydrogens is 370 g/mol. The number of benzene rings is 2. The van der Waals surface area contributed by atoms with Crippen LogP contribution in [-0.4, -0.2) is 37.5 Å². The smallest absolute Gasteiger partial charge is 0.304 e. The zero-order valence-electron chi connectivity index (χ0n) is 16.0. The van der Waals surface area contributed by atoms with Gasteiger partial charge in [0.15, 0.2) is 0 Å². The quantitative estimate of drug-likeness (QED) is 0.519. The second-order valence-electron chi connectivity index (χ2n) is 6.32. The third kappa shape index (κ3) is 3.57. The van der Waals surface area contributed by atoms with Crippen molar-refractivity contribution in [1.82, 2.24) is 24.5 Å². The molecule has 0 saturated carbocycles. The van der Waals surface area contributed by atoms with Crippen molar-refractivity contribution < 1.29 is 9.53 Å². The maximum absolute atomic E-state index is 11.8. The first kappa shape index (κ1) is 18.4. The molecule has 4 aromatic rings. The van der Waals surface area contributed by atoms with Crippen molar-refractivity contribution in [3.63, 3.8) is 0 Å². The lowest BCUT2D eigenvalue weighted by Crippen LogP contribution is -2.12. The van der Waals surface area contributed by atoms with E-state index in [1.165, 1.54) is 7.11 Å². The Labute approximate surface area is 166 Å². The summed E-state index contributed by atoms with van der Waals surface area (Å²) in [6.07, 6.45) is 0. The van der Waals surface area contributed by atoms with Gasteiger partial charge in [-0.05, 0) is 24.6 Å². The number of ether oxygens (including phenoxy) is 1. The van der Waals surface area contributed by atoms with Crippen LogP contribution in [-0.2, 0) is 6.54 Å². The number of carbonyl (C=O) groups excluding carboxylic acids is 1. The van der Waals surface area contributed by atoms with Crippen molar-refractivity contribution in [2.45, 2.75) is 13.5 Å². The van der Waals surface area contributed by atoms with Gasteiger partial charge in [0.05, 0.1) is 18.2 Å². The van der Waals surface area contributed by atoms with Gasteiger partial charge < -0.3 is 15.8 Å². The van der Waals surface area contributed by atoms with E-state index < -0.39 is 5.91 Å². The average molecular weight is 389 g/mol. The molecule has 0 radical (unpaired) electrons. The summed E-state index contributed by atoms with van der Waals surface area (Å²) in [5, 5.41) is 3.21. The Morgan fingerprint density at radius 1 is 1.07 bits per heavy atom. The van der Waals surface area contributed by atoms with E-state index in [0.29, 0.717) is 40.9 Å². The molecule has 0 spiro atoms. The normalized spacial score (nSPS) is 10.8. The average Bonchev–Trinajstić information content (AvgIpc) is 3.11. The van der Waals surface area contributed by atoms with Crippen molar-refractivity contribution in [3.05, 3.63) is 65.5 Å². The van der Waals surface area contributed by atoms with Gasteiger partial charge in [-0.3, -0.25) is 4.79 Å². The van der Waals surface area contributed by atoms with Gasteiger partial charge in [-0.1, -0.05) is 36.4 Å². The topological polar surface area (TPSA) is 121 Å². The number of aromatic nitrogens is 5. The Balaban J connectivity index is 1.78. The summed E-state index contributed by atoms with van der Waals surface area (Å²) in [5.74, 6) is 0.709. The fraction of sp³-hybridized carbons (Fsp3) is 0.150. The Kier molecular flexibility index (Phi) is 4.78. The van der Waals surface area contributed by atoms with E-state index >= 15 is 0 Å². The molecule has 146 valence electrons. The van der Waals surface area contributed by atoms with Gasteiger partial charge in [0.2, 0.25) is 11.9 Å². The summed E-state index contributed by atoms with van der Waals surface area (Å²) in [4.78, 5) is 29.5. The molecule has 2 aromatic carbocycles. The maximum atomic E-state index is 11.8. The lowest BCUT2D eigenvalue weighted by Gasteiger charge is -2.10. The first-order valence-electron chi connectivity index (χ1n) is 8.93. The molecule has 9 nitrogen and oxygen atoms in total. The maximum Gasteiger partial charge on any atom is 0.304 e. The minimum Gasteiger partial charge on any atom is -0.468 e. The number of nitrogens with one attached hydrogen (secondary N) is 1. The monoisotopic (exact) mass is 389 g/mol. The van der Waals surface area contributed by atoms with E-state index in [9.17, 15) is 4.79 Å². The fourth-order valence-corrected chi connectivity index (χ4v) is 3.03. The highest BCUT2D eigenvalue weighted by molar-refractivity contribution is 6.04. The van der Waals surface area contributed by atoms with Crippen LogP contribution in [0, 0.1) is 6.92 Å². The predicted octanol–water partition coefficient (Wildman–Crippen LogP) is 2.24.